The van der Waals surface area contributed by atoms with Crippen LogP contribution in [0.2, 0.25) is 5.02 Å². The zero-order valence-electron chi connectivity index (χ0n) is 12.7. The van der Waals surface area contributed by atoms with Crippen molar-refractivity contribution in [3.8, 4) is 5.75 Å². The number of aliphatic carboxylic acids is 1. The molecule has 0 heterocycles. The number of methoxy groups -OCH3 is 1. The zero-order valence-corrected chi connectivity index (χ0v) is 14.3. The van der Waals surface area contributed by atoms with Gasteiger partial charge < -0.3 is 9.84 Å². The number of halogens is 3. The lowest BCUT2D eigenvalue weighted by molar-refractivity contribution is -0.135. The second-order valence-corrected chi connectivity index (χ2v) is 7.07. The van der Waals surface area contributed by atoms with Crippen LogP contribution in [-0.4, -0.2) is 33.1 Å². The molecule has 0 aliphatic rings. The summed E-state index contributed by atoms with van der Waals surface area (Å²) in [4.78, 5) is 10.7. The van der Waals surface area contributed by atoms with Gasteiger partial charge in [-0.15, -0.1) is 0 Å². The molecule has 0 amide bonds. The number of carboxylic acid groups (broad SMARTS) is 1. The number of hydrogen-bond acceptors (Lipinski definition) is 4. The van der Waals surface area contributed by atoms with Crippen LogP contribution in [0.4, 0.5) is 14.5 Å². The van der Waals surface area contributed by atoms with Gasteiger partial charge in [0.25, 0.3) is 10.0 Å². The molecule has 0 fully saturated rings. The summed E-state index contributed by atoms with van der Waals surface area (Å²) in [6, 6.07) is 5.79. The lowest BCUT2D eigenvalue weighted by Gasteiger charge is -2.23. The fourth-order valence-corrected chi connectivity index (χ4v) is 3.77. The van der Waals surface area contributed by atoms with Crippen molar-refractivity contribution in [3.63, 3.8) is 0 Å². The van der Waals surface area contributed by atoms with Crippen LogP contribution in [0.15, 0.2) is 41.3 Å². The number of ether oxygens (including phenoxy) is 1. The number of carboxylic acids is 1. The Morgan fingerprint density at radius 2 is 1.88 bits per heavy atom. The van der Waals surface area contributed by atoms with Gasteiger partial charge in [-0.2, -0.15) is 0 Å². The third-order valence-electron chi connectivity index (χ3n) is 3.18. The summed E-state index contributed by atoms with van der Waals surface area (Å²) in [6.45, 7) is -0.989. The maximum atomic E-state index is 13.4. The summed E-state index contributed by atoms with van der Waals surface area (Å²) in [7, 11) is -3.06. The van der Waals surface area contributed by atoms with Crippen molar-refractivity contribution in [2.24, 2.45) is 0 Å². The van der Waals surface area contributed by atoms with Gasteiger partial charge in [-0.05, 0) is 30.3 Å². The van der Waals surface area contributed by atoms with Gasteiger partial charge in [0.15, 0.2) is 11.6 Å². The van der Waals surface area contributed by atoms with E-state index in [1.807, 2.05) is 0 Å². The largest absolute Gasteiger partial charge is 0.495 e. The third-order valence-corrected chi connectivity index (χ3v) is 5.25. The van der Waals surface area contributed by atoms with E-state index in [4.69, 9.17) is 21.4 Å². The topological polar surface area (TPSA) is 83.9 Å². The predicted octanol–water partition coefficient (Wildman–Crippen LogP) is 2.91. The van der Waals surface area contributed by atoms with E-state index in [0.717, 1.165) is 18.2 Å². The monoisotopic (exact) mass is 391 g/mol. The van der Waals surface area contributed by atoms with Gasteiger partial charge in [-0.1, -0.05) is 11.6 Å². The number of carbonyl (C=O) groups is 1. The minimum atomic E-state index is -4.40. The molecule has 0 aliphatic carbocycles. The summed E-state index contributed by atoms with van der Waals surface area (Å²) < 4.78 is 57.4. The van der Waals surface area contributed by atoms with Gasteiger partial charge in [-0.3, -0.25) is 9.10 Å². The predicted molar refractivity (Wildman–Crippen MR) is 86.5 cm³/mol. The van der Waals surface area contributed by atoms with Crippen molar-refractivity contribution in [2.45, 2.75) is 4.90 Å². The minimum Gasteiger partial charge on any atom is -0.495 e. The number of hydrogen-bond donors (Lipinski definition) is 1. The van der Waals surface area contributed by atoms with E-state index in [-0.39, 0.29) is 21.4 Å². The standard InChI is InChI=1S/C15H12ClF2NO5S/c1-24-14-5-3-10(7-11(14)16)25(22,23)19(8-15(20)21)9-2-4-12(17)13(18)6-9/h2-7H,8H2,1H3,(H,20,21). The van der Waals surface area contributed by atoms with Crippen molar-refractivity contribution in [2.75, 3.05) is 18.0 Å². The summed E-state index contributed by atoms with van der Waals surface area (Å²) in [6.07, 6.45) is 0. The average Bonchev–Trinajstić information content (AvgIpc) is 2.55. The Kier molecular flexibility index (Phi) is 5.48. The van der Waals surface area contributed by atoms with Crippen molar-refractivity contribution >= 4 is 33.3 Å². The van der Waals surface area contributed by atoms with Crippen LogP contribution >= 0.6 is 11.6 Å². The van der Waals surface area contributed by atoms with Crippen LogP contribution in [-0.2, 0) is 14.8 Å². The molecular formula is C15H12ClF2NO5S. The molecule has 0 aliphatic heterocycles. The quantitative estimate of drug-likeness (QED) is 0.818. The van der Waals surface area contributed by atoms with Crippen molar-refractivity contribution in [3.05, 3.63) is 53.1 Å². The minimum absolute atomic E-state index is 0.0101. The first kappa shape index (κ1) is 18.9. The lowest BCUT2D eigenvalue weighted by atomic mass is 10.3. The number of sulfonamides is 1. The fourth-order valence-electron chi connectivity index (χ4n) is 2.01. The van der Waals surface area contributed by atoms with Crippen molar-refractivity contribution < 1.29 is 31.8 Å². The molecule has 0 aromatic heterocycles. The number of nitrogens with zero attached hydrogens (tertiary/aromatic N) is 1. The Hall–Kier alpha value is -2.39. The molecule has 0 saturated carbocycles. The normalized spacial score (nSPS) is 11.2. The number of benzene rings is 2. The molecule has 0 saturated heterocycles. The Morgan fingerprint density at radius 3 is 2.40 bits per heavy atom. The Morgan fingerprint density at radius 1 is 1.20 bits per heavy atom. The molecule has 2 rings (SSSR count). The molecule has 0 spiro atoms. The Bertz CT molecular complexity index is 920. The van der Waals surface area contributed by atoms with E-state index in [2.05, 4.69) is 0 Å². The molecule has 2 aromatic rings. The average molecular weight is 392 g/mol. The maximum Gasteiger partial charge on any atom is 0.324 e. The smallest absolute Gasteiger partial charge is 0.324 e. The van der Waals surface area contributed by atoms with Crippen LogP contribution in [0, 0.1) is 11.6 Å². The highest BCUT2D eigenvalue weighted by Gasteiger charge is 2.28. The second kappa shape index (κ2) is 7.24. The van der Waals surface area contributed by atoms with Gasteiger partial charge in [-0.25, -0.2) is 17.2 Å². The van der Waals surface area contributed by atoms with E-state index in [9.17, 15) is 22.0 Å². The first-order chi connectivity index (χ1) is 11.7. The highest BCUT2D eigenvalue weighted by Crippen LogP contribution is 2.30. The molecule has 0 radical (unpaired) electrons. The highest BCUT2D eigenvalue weighted by molar-refractivity contribution is 7.92. The first-order valence-corrected chi connectivity index (χ1v) is 8.51. The zero-order chi connectivity index (χ0) is 18.8. The fraction of sp³-hybridized carbons (Fsp3) is 0.133. The molecular weight excluding hydrogens is 380 g/mol. The van der Waals surface area contributed by atoms with Gasteiger partial charge in [0.2, 0.25) is 0 Å². The van der Waals surface area contributed by atoms with Crippen LogP contribution < -0.4 is 9.04 Å². The first-order valence-electron chi connectivity index (χ1n) is 6.70. The van der Waals surface area contributed by atoms with Crippen LogP contribution in [0.25, 0.3) is 0 Å². The lowest BCUT2D eigenvalue weighted by Crippen LogP contribution is -2.35. The van der Waals surface area contributed by atoms with E-state index >= 15 is 0 Å². The van der Waals surface area contributed by atoms with Crippen molar-refractivity contribution in [1.82, 2.24) is 0 Å². The summed E-state index contributed by atoms with van der Waals surface area (Å²) in [5.41, 5.74) is -0.340. The molecule has 0 bridgehead atoms. The number of anilines is 1. The molecule has 6 nitrogen and oxygen atoms in total. The molecule has 0 atom stereocenters. The van der Waals surface area contributed by atoms with Crippen LogP contribution in [0.3, 0.4) is 0 Å². The molecule has 25 heavy (non-hydrogen) atoms. The second-order valence-electron chi connectivity index (χ2n) is 4.80. The van der Waals surface area contributed by atoms with Crippen LogP contribution in [0.5, 0.6) is 5.75 Å². The molecule has 2 aromatic carbocycles. The van der Waals surface area contributed by atoms with Gasteiger partial charge in [0.05, 0.1) is 22.7 Å². The van der Waals surface area contributed by atoms with E-state index < -0.39 is 34.2 Å². The van der Waals surface area contributed by atoms with Crippen LogP contribution in [0.1, 0.15) is 0 Å². The Labute approximate surface area is 147 Å². The van der Waals surface area contributed by atoms with Crippen molar-refractivity contribution in [1.29, 1.82) is 0 Å². The summed E-state index contributed by atoms with van der Waals surface area (Å²) in [5, 5.41) is 8.99. The van der Waals surface area contributed by atoms with E-state index in [1.54, 1.807) is 0 Å². The molecule has 1 N–H and O–H groups in total. The molecule has 0 unspecified atom stereocenters. The van der Waals surface area contributed by atoms with Gasteiger partial charge >= 0.3 is 5.97 Å². The number of rotatable bonds is 6. The third kappa shape index (κ3) is 3.99. The van der Waals surface area contributed by atoms with E-state index in [1.165, 1.54) is 13.2 Å². The summed E-state index contributed by atoms with van der Waals surface area (Å²) in [5.74, 6) is -3.76. The maximum absolute atomic E-state index is 13.4. The highest BCUT2D eigenvalue weighted by atomic mass is 35.5. The molecule has 134 valence electrons. The van der Waals surface area contributed by atoms with Gasteiger partial charge in [0, 0.05) is 6.07 Å². The van der Waals surface area contributed by atoms with Gasteiger partial charge in [0.1, 0.15) is 12.3 Å². The SMILES string of the molecule is COc1ccc(S(=O)(=O)N(CC(=O)O)c2ccc(F)c(F)c2)cc1Cl. The molecule has 10 heteroatoms. The van der Waals surface area contributed by atoms with E-state index in [0.29, 0.717) is 16.4 Å². The Balaban J connectivity index is 2.57. The summed E-state index contributed by atoms with van der Waals surface area (Å²) >= 11 is 5.90.